The summed E-state index contributed by atoms with van der Waals surface area (Å²) in [6.07, 6.45) is 1.93. The van der Waals surface area contributed by atoms with E-state index in [9.17, 15) is 0 Å². The van der Waals surface area contributed by atoms with Gasteiger partial charge in [0.15, 0.2) is 0 Å². The number of hydrogen-bond donors (Lipinski definition) is 2. The SMILES string of the molecule is CCCc1nc(NC)c(C)c(NCc2csc(C)n2)n1. The molecule has 0 atom stereocenters. The van der Waals surface area contributed by atoms with Gasteiger partial charge >= 0.3 is 0 Å². The van der Waals surface area contributed by atoms with Crippen molar-refractivity contribution < 1.29 is 0 Å². The van der Waals surface area contributed by atoms with E-state index in [4.69, 9.17) is 0 Å². The van der Waals surface area contributed by atoms with Gasteiger partial charge in [0.1, 0.15) is 17.5 Å². The molecule has 2 aromatic rings. The van der Waals surface area contributed by atoms with Crippen LogP contribution < -0.4 is 10.6 Å². The standard InChI is InChI=1S/C14H21N5S/c1-5-6-12-18-13(15-4)9(2)14(19-12)16-7-11-8-20-10(3)17-11/h8H,5-7H2,1-4H3,(H2,15,16,18,19). The van der Waals surface area contributed by atoms with Gasteiger partial charge in [-0.15, -0.1) is 11.3 Å². The van der Waals surface area contributed by atoms with E-state index in [1.807, 2.05) is 20.9 Å². The zero-order valence-electron chi connectivity index (χ0n) is 12.4. The van der Waals surface area contributed by atoms with Crippen LogP contribution in [0.15, 0.2) is 5.38 Å². The molecule has 108 valence electrons. The van der Waals surface area contributed by atoms with Crippen LogP contribution in [0.3, 0.4) is 0 Å². The van der Waals surface area contributed by atoms with E-state index in [0.29, 0.717) is 6.54 Å². The summed E-state index contributed by atoms with van der Waals surface area (Å²) < 4.78 is 0. The Bertz CT molecular complexity index is 579. The lowest BCUT2D eigenvalue weighted by atomic mass is 10.2. The van der Waals surface area contributed by atoms with E-state index in [0.717, 1.165) is 46.6 Å². The van der Waals surface area contributed by atoms with Gasteiger partial charge in [-0.3, -0.25) is 0 Å². The van der Waals surface area contributed by atoms with Gasteiger partial charge < -0.3 is 10.6 Å². The summed E-state index contributed by atoms with van der Waals surface area (Å²) in [5.41, 5.74) is 2.09. The van der Waals surface area contributed by atoms with Crippen molar-refractivity contribution >= 4 is 23.0 Å². The maximum atomic E-state index is 4.61. The summed E-state index contributed by atoms with van der Waals surface area (Å²) in [5.74, 6) is 2.65. The summed E-state index contributed by atoms with van der Waals surface area (Å²) in [6.45, 7) is 6.86. The molecule has 0 fully saturated rings. The Kier molecular flexibility index (Phi) is 4.89. The minimum Gasteiger partial charge on any atom is -0.373 e. The Morgan fingerprint density at radius 3 is 2.50 bits per heavy atom. The number of aryl methyl sites for hydroxylation is 2. The smallest absolute Gasteiger partial charge is 0.135 e. The third kappa shape index (κ3) is 3.45. The van der Waals surface area contributed by atoms with Crippen LogP contribution in [0, 0.1) is 13.8 Å². The van der Waals surface area contributed by atoms with Gasteiger partial charge in [-0.1, -0.05) is 6.92 Å². The first-order chi connectivity index (χ1) is 9.63. The van der Waals surface area contributed by atoms with Gasteiger partial charge in [0.05, 0.1) is 17.2 Å². The van der Waals surface area contributed by atoms with Crippen molar-refractivity contribution in [1.29, 1.82) is 0 Å². The van der Waals surface area contributed by atoms with Crippen molar-refractivity contribution in [3.63, 3.8) is 0 Å². The summed E-state index contributed by atoms with van der Waals surface area (Å²) in [6, 6.07) is 0. The third-order valence-electron chi connectivity index (χ3n) is 3.01. The maximum absolute atomic E-state index is 4.61. The maximum Gasteiger partial charge on any atom is 0.135 e. The van der Waals surface area contributed by atoms with Crippen molar-refractivity contribution in [1.82, 2.24) is 15.0 Å². The molecule has 0 aromatic carbocycles. The molecule has 2 rings (SSSR count). The number of rotatable bonds is 6. The molecular weight excluding hydrogens is 270 g/mol. The third-order valence-corrected chi connectivity index (χ3v) is 3.83. The molecule has 0 aliphatic carbocycles. The van der Waals surface area contributed by atoms with E-state index < -0.39 is 0 Å². The zero-order valence-corrected chi connectivity index (χ0v) is 13.3. The molecule has 0 saturated carbocycles. The van der Waals surface area contributed by atoms with Gasteiger partial charge in [0.2, 0.25) is 0 Å². The van der Waals surface area contributed by atoms with Crippen LogP contribution >= 0.6 is 11.3 Å². The molecule has 0 radical (unpaired) electrons. The Labute approximate surface area is 123 Å². The van der Waals surface area contributed by atoms with Crippen LogP contribution in [-0.4, -0.2) is 22.0 Å². The molecule has 0 bridgehead atoms. The van der Waals surface area contributed by atoms with Crippen LogP contribution in [0.4, 0.5) is 11.6 Å². The first kappa shape index (κ1) is 14.7. The average molecular weight is 291 g/mol. The molecule has 2 N–H and O–H groups in total. The second-order valence-electron chi connectivity index (χ2n) is 4.67. The molecule has 20 heavy (non-hydrogen) atoms. The molecule has 0 spiro atoms. The molecule has 5 nitrogen and oxygen atoms in total. The molecule has 0 unspecified atom stereocenters. The summed E-state index contributed by atoms with van der Waals surface area (Å²) in [5, 5.41) is 9.66. The van der Waals surface area contributed by atoms with Crippen molar-refractivity contribution in [3.8, 4) is 0 Å². The van der Waals surface area contributed by atoms with Gasteiger partial charge in [-0.05, 0) is 20.3 Å². The number of anilines is 2. The molecule has 0 amide bonds. The summed E-state index contributed by atoms with van der Waals surface area (Å²) in [4.78, 5) is 13.6. The van der Waals surface area contributed by atoms with E-state index >= 15 is 0 Å². The van der Waals surface area contributed by atoms with E-state index in [1.54, 1.807) is 11.3 Å². The van der Waals surface area contributed by atoms with Crippen LogP contribution in [0.2, 0.25) is 0 Å². The zero-order chi connectivity index (χ0) is 14.5. The summed E-state index contributed by atoms with van der Waals surface area (Å²) in [7, 11) is 1.89. The van der Waals surface area contributed by atoms with Crippen molar-refractivity contribution in [2.45, 2.75) is 40.2 Å². The monoisotopic (exact) mass is 291 g/mol. The normalized spacial score (nSPS) is 10.6. The quantitative estimate of drug-likeness (QED) is 0.856. The van der Waals surface area contributed by atoms with Gasteiger partial charge in [-0.25, -0.2) is 15.0 Å². The number of nitrogens with one attached hydrogen (secondary N) is 2. The number of hydrogen-bond acceptors (Lipinski definition) is 6. The van der Waals surface area contributed by atoms with Crippen LogP contribution in [-0.2, 0) is 13.0 Å². The first-order valence-corrected chi connectivity index (χ1v) is 7.72. The minimum atomic E-state index is 0.691. The topological polar surface area (TPSA) is 62.7 Å². The fourth-order valence-corrected chi connectivity index (χ4v) is 2.59. The molecule has 6 heteroatoms. The van der Waals surface area contributed by atoms with Crippen molar-refractivity contribution in [3.05, 3.63) is 27.5 Å². The molecule has 2 aromatic heterocycles. The summed E-state index contributed by atoms with van der Waals surface area (Å²) >= 11 is 1.67. The average Bonchev–Trinajstić information content (AvgIpc) is 2.85. The van der Waals surface area contributed by atoms with Gasteiger partial charge in [0, 0.05) is 24.4 Å². The largest absolute Gasteiger partial charge is 0.373 e. The highest BCUT2D eigenvalue weighted by atomic mass is 32.1. The highest BCUT2D eigenvalue weighted by Gasteiger charge is 2.10. The Morgan fingerprint density at radius 2 is 1.90 bits per heavy atom. The van der Waals surface area contributed by atoms with Gasteiger partial charge in [-0.2, -0.15) is 0 Å². The highest BCUT2D eigenvalue weighted by molar-refractivity contribution is 7.09. The Hall–Kier alpha value is -1.69. The predicted octanol–water partition coefficient (Wildman–Crippen LogP) is 3.16. The lowest BCUT2D eigenvalue weighted by Crippen LogP contribution is -2.10. The number of nitrogens with zero attached hydrogens (tertiary/aromatic N) is 3. The van der Waals surface area contributed by atoms with Crippen LogP contribution in [0.25, 0.3) is 0 Å². The van der Waals surface area contributed by atoms with E-state index in [1.165, 1.54) is 0 Å². The lowest BCUT2D eigenvalue weighted by molar-refractivity contribution is 0.831. The Morgan fingerprint density at radius 1 is 1.15 bits per heavy atom. The first-order valence-electron chi connectivity index (χ1n) is 6.84. The fraction of sp³-hybridized carbons (Fsp3) is 0.500. The fourth-order valence-electron chi connectivity index (χ4n) is 1.98. The Balaban J connectivity index is 2.18. The number of thiazole rings is 1. The lowest BCUT2D eigenvalue weighted by Gasteiger charge is -2.13. The van der Waals surface area contributed by atoms with E-state index in [-0.39, 0.29) is 0 Å². The molecule has 0 aliphatic heterocycles. The minimum absolute atomic E-state index is 0.691. The van der Waals surface area contributed by atoms with Crippen molar-refractivity contribution in [2.75, 3.05) is 17.7 Å². The molecule has 0 aliphatic rings. The van der Waals surface area contributed by atoms with E-state index in [2.05, 4.69) is 37.9 Å². The number of aromatic nitrogens is 3. The second kappa shape index (κ2) is 6.65. The molecule has 2 heterocycles. The second-order valence-corrected chi connectivity index (χ2v) is 5.74. The van der Waals surface area contributed by atoms with Gasteiger partial charge in [0.25, 0.3) is 0 Å². The van der Waals surface area contributed by atoms with Crippen LogP contribution in [0.1, 0.15) is 35.4 Å². The highest BCUT2D eigenvalue weighted by Crippen LogP contribution is 2.21. The predicted molar refractivity (Wildman–Crippen MR) is 84.5 cm³/mol. The van der Waals surface area contributed by atoms with Crippen molar-refractivity contribution in [2.24, 2.45) is 0 Å². The molecule has 0 saturated heterocycles. The van der Waals surface area contributed by atoms with Crippen LogP contribution in [0.5, 0.6) is 0 Å². The molecular formula is C14H21N5S.